The third-order valence-corrected chi connectivity index (χ3v) is 3.39. The molecule has 0 atom stereocenters. The molecule has 0 aliphatic carbocycles. The van der Waals surface area contributed by atoms with Gasteiger partial charge in [0, 0.05) is 17.3 Å². The third kappa shape index (κ3) is 3.01. The first-order chi connectivity index (χ1) is 10.1. The van der Waals surface area contributed by atoms with Crippen molar-refractivity contribution in [2.45, 2.75) is 6.92 Å². The van der Waals surface area contributed by atoms with Crippen molar-refractivity contribution in [1.29, 1.82) is 0 Å². The predicted molar refractivity (Wildman–Crippen MR) is 88.9 cm³/mol. The van der Waals surface area contributed by atoms with Crippen molar-refractivity contribution < 1.29 is 4.74 Å². The van der Waals surface area contributed by atoms with Crippen LogP contribution in [-0.4, -0.2) is 9.97 Å². The number of ether oxygens (including phenoxy) is 1. The average Bonchev–Trinajstić information content (AvgIpc) is 2.46. The van der Waals surface area contributed by atoms with Crippen LogP contribution in [0.3, 0.4) is 0 Å². The monoisotopic (exact) mass is 294 g/mol. The summed E-state index contributed by atoms with van der Waals surface area (Å²) >= 11 is 5.00. The third-order valence-electron chi connectivity index (χ3n) is 3.16. The molecule has 2 aromatic carbocycles. The predicted octanol–water partition coefficient (Wildman–Crippen LogP) is 3.97. The van der Waals surface area contributed by atoms with Gasteiger partial charge in [0.2, 0.25) is 5.88 Å². The zero-order chi connectivity index (χ0) is 14.8. The van der Waals surface area contributed by atoms with E-state index in [2.05, 4.69) is 11.1 Å². The molecule has 0 saturated carbocycles. The average molecular weight is 294 g/mol. The lowest BCUT2D eigenvalue weighted by molar-refractivity contribution is 0.462. The summed E-state index contributed by atoms with van der Waals surface area (Å²) in [7, 11) is 0. The fraction of sp³-hybridized carbons (Fsp3) is 0.0588. The van der Waals surface area contributed by atoms with Crippen LogP contribution >= 0.6 is 12.2 Å². The van der Waals surface area contributed by atoms with E-state index >= 15 is 0 Å². The number of hydrogen-bond donors (Lipinski definition) is 1. The Hall–Kier alpha value is -2.46. The van der Waals surface area contributed by atoms with E-state index in [1.54, 1.807) is 6.07 Å². The maximum atomic E-state index is 5.83. The fourth-order valence-corrected chi connectivity index (χ4v) is 2.30. The van der Waals surface area contributed by atoms with Crippen LogP contribution in [0, 0.1) is 6.92 Å². The quantitative estimate of drug-likeness (QED) is 0.743. The fourth-order valence-electron chi connectivity index (χ4n) is 2.18. The van der Waals surface area contributed by atoms with Gasteiger partial charge >= 0.3 is 0 Å². The largest absolute Gasteiger partial charge is 0.439 e. The lowest BCUT2D eigenvalue weighted by Gasteiger charge is -2.08. The molecule has 0 radical (unpaired) electrons. The molecule has 3 nitrogen and oxygen atoms in total. The first-order valence-corrected chi connectivity index (χ1v) is 6.98. The lowest BCUT2D eigenvalue weighted by Crippen LogP contribution is -2.10. The molecule has 0 saturated heterocycles. The Bertz CT molecular complexity index is 830. The van der Waals surface area contributed by atoms with Crippen molar-refractivity contribution in [3.63, 3.8) is 0 Å². The van der Waals surface area contributed by atoms with Gasteiger partial charge in [-0.25, -0.2) is 4.98 Å². The molecule has 3 aromatic rings. The molecule has 0 spiro atoms. The molecule has 0 amide bonds. The van der Waals surface area contributed by atoms with Gasteiger partial charge < -0.3 is 10.5 Å². The van der Waals surface area contributed by atoms with Gasteiger partial charge in [0.25, 0.3) is 0 Å². The highest BCUT2D eigenvalue weighted by molar-refractivity contribution is 7.80. The van der Waals surface area contributed by atoms with Crippen LogP contribution in [0.2, 0.25) is 0 Å². The van der Waals surface area contributed by atoms with Gasteiger partial charge in [-0.2, -0.15) is 0 Å². The maximum absolute atomic E-state index is 5.83. The number of thiocarbonyl (C=S) groups is 1. The number of aryl methyl sites for hydroxylation is 1. The molecular weight excluding hydrogens is 280 g/mol. The summed E-state index contributed by atoms with van der Waals surface area (Å²) in [6.45, 7) is 1.88. The van der Waals surface area contributed by atoms with Gasteiger partial charge in [0.15, 0.2) is 0 Å². The van der Waals surface area contributed by atoms with Gasteiger partial charge in [-0.3, -0.25) is 0 Å². The molecule has 2 N–H and O–H groups in total. The van der Waals surface area contributed by atoms with Crippen molar-refractivity contribution in [2.24, 2.45) is 5.73 Å². The first-order valence-electron chi connectivity index (χ1n) is 6.57. The molecule has 0 fully saturated rings. The molecule has 0 bridgehead atoms. The van der Waals surface area contributed by atoms with Crippen LogP contribution in [0.25, 0.3) is 10.8 Å². The molecule has 4 heteroatoms. The summed E-state index contributed by atoms with van der Waals surface area (Å²) in [5, 5.41) is 2.29. The van der Waals surface area contributed by atoms with Gasteiger partial charge in [0.05, 0.1) is 0 Å². The minimum Gasteiger partial charge on any atom is -0.439 e. The van der Waals surface area contributed by atoms with Crippen molar-refractivity contribution in [3.8, 4) is 11.6 Å². The molecule has 0 aliphatic rings. The lowest BCUT2D eigenvalue weighted by atomic mass is 10.1. The smallest absolute Gasteiger partial charge is 0.220 e. The van der Waals surface area contributed by atoms with E-state index in [0.717, 1.165) is 22.4 Å². The number of rotatable bonds is 3. The topological polar surface area (TPSA) is 48.1 Å². The molecule has 21 heavy (non-hydrogen) atoms. The number of fused-ring (bicyclic) bond motifs is 1. The summed E-state index contributed by atoms with van der Waals surface area (Å²) in [6.07, 6.45) is 0. The second-order valence-corrected chi connectivity index (χ2v) is 5.25. The molecule has 0 unspecified atom stereocenters. The van der Waals surface area contributed by atoms with E-state index in [4.69, 9.17) is 22.7 Å². The van der Waals surface area contributed by atoms with Crippen molar-refractivity contribution in [1.82, 2.24) is 4.98 Å². The zero-order valence-corrected chi connectivity index (χ0v) is 12.4. The molecular formula is C17H14N2OS. The molecule has 104 valence electrons. The Morgan fingerprint density at radius 2 is 1.81 bits per heavy atom. The Labute approximate surface area is 128 Å². The number of hydrogen-bond acceptors (Lipinski definition) is 3. The summed E-state index contributed by atoms with van der Waals surface area (Å²) < 4.78 is 5.83. The molecule has 1 heterocycles. The Balaban J connectivity index is 1.96. The zero-order valence-electron chi connectivity index (χ0n) is 11.5. The van der Waals surface area contributed by atoms with E-state index in [9.17, 15) is 0 Å². The van der Waals surface area contributed by atoms with E-state index in [0.29, 0.717) is 10.9 Å². The van der Waals surface area contributed by atoms with E-state index in [1.807, 2.05) is 49.4 Å². The van der Waals surface area contributed by atoms with Crippen LogP contribution in [0.1, 0.15) is 11.3 Å². The number of nitrogens with zero attached hydrogens (tertiary/aromatic N) is 1. The van der Waals surface area contributed by atoms with Crippen molar-refractivity contribution >= 4 is 28.0 Å². The minimum atomic E-state index is 0.337. The highest BCUT2D eigenvalue weighted by atomic mass is 32.1. The summed E-state index contributed by atoms with van der Waals surface area (Å²) in [6, 6.07) is 17.7. The number of benzene rings is 2. The Kier molecular flexibility index (Phi) is 3.54. The van der Waals surface area contributed by atoms with Crippen LogP contribution in [0.5, 0.6) is 11.6 Å². The van der Waals surface area contributed by atoms with Gasteiger partial charge in [0.1, 0.15) is 10.7 Å². The minimum absolute atomic E-state index is 0.337. The van der Waals surface area contributed by atoms with E-state index in [1.165, 1.54) is 5.39 Å². The summed E-state index contributed by atoms with van der Waals surface area (Å²) in [5.74, 6) is 1.23. The molecule has 0 aliphatic heterocycles. The number of pyridine rings is 1. The highest BCUT2D eigenvalue weighted by Gasteiger charge is 2.05. The van der Waals surface area contributed by atoms with Crippen LogP contribution in [0.4, 0.5) is 0 Å². The van der Waals surface area contributed by atoms with Crippen molar-refractivity contribution in [2.75, 3.05) is 0 Å². The molecule has 3 rings (SSSR count). The maximum Gasteiger partial charge on any atom is 0.220 e. The second kappa shape index (κ2) is 5.50. The van der Waals surface area contributed by atoms with Crippen LogP contribution < -0.4 is 10.5 Å². The SMILES string of the molecule is Cc1cc(C(N)=S)cc(Oc2ccc3ccccc3c2)n1. The first kappa shape index (κ1) is 13.5. The van der Waals surface area contributed by atoms with E-state index in [-0.39, 0.29) is 0 Å². The Morgan fingerprint density at radius 1 is 1.05 bits per heavy atom. The van der Waals surface area contributed by atoms with Gasteiger partial charge in [-0.1, -0.05) is 42.5 Å². The van der Waals surface area contributed by atoms with Gasteiger partial charge in [-0.15, -0.1) is 0 Å². The second-order valence-electron chi connectivity index (χ2n) is 4.81. The number of aromatic nitrogens is 1. The number of nitrogens with two attached hydrogens (primary N) is 1. The van der Waals surface area contributed by atoms with Crippen molar-refractivity contribution in [3.05, 3.63) is 65.9 Å². The Morgan fingerprint density at radius 3 is 2.57 bits per heavy atom. The standard InChI is InChI=1S/C17H14N2OS/c1-11-8-14(17(18)21)10-16(19-11)20-15-7-6-12-4-2-3-5-13(12)9-15/h2-10H,1H3,(H2,18,21). The van der Waals surface area contributed by atoms with E-state index < -0.39 is 0 Å². The highest BCUT2D eigenvalue weighted by Crippen LogP contribution is 2.25. The summed E-state index contributed by atoms with van der Waals surface area (Å²) in [4.78, 5) is 4.69. The molecule has 1 aromatic heterocycles. The summed E-state index contributed by atoms with van der Waals surface area (Å²) in [5.41, 5.74) is 7.24. The van der Waals surface area contributed by atoms with Crippen LogP contribution in [0.15, 0.2) is 54.6 Å². The normalized spacial score (nSPS) is 10.5. The van der Waals surface area contributed by atoms with Gasteiger partial charge in [-0.05, 0) is 35.9 Å². The van der Waals surface area contributed by atoms with Crippen LogP contribution in [-0.2, 0) is 0 Å².